The lowest BCUT2D eigenvalue weighted by atomic mass is 10.2. The molecule has 0 fully saturated rings. The van der Waals surface area contributed by atoms with Crippen LogP contribution in [0.15, 0.2) is 48.2 Å². The third-order valence-electron chi connectivity index (χ3n) is 3.58. The predicted molar refractivity (Wildman–Crippen MR) is 85.0 cm³/mol. The summed E-state index contributed by atoms with van der Waals surface area (Å²) < 4.78 is 8.61. The molecule has 0 aliphatic heterocycles. The molecule has 2 aromatic carbocycles. The lowest BCUT2D eigenvalue weighted by Crippen LogP contribution is -1.97. The average Bonchev–Trinajstić information content (AvgIpc) is 3.13. The maximum absolute atomic E-state index is 5.23. The van der Waals surface area contributed by atoms with Crippen molar-refractivity contribution >= 4 is 32.6 Å². The van der Waals surface area contributed by atoms with Crippen molar-refractivity contribution in [1.82, 2.24) is 14.5 Å². The van der Waals surface area contributed by atoms with Crippen LogP contribution in [0.2, 0.25) is 0 Å². The third-order valence-corrected chi connectivity index (χ3v) is 4.37. The molecule has 4 aromatic rings. The summed E-state index contributed by atoms with van der Waals surface area (Å²) in [5, 5.41) is 0. The molecule has 2 aromatic heterocycles. The Balaban J connectivity index is 1.72. The number of hydrogen-bond donors (Lipinski definition) is 0. The first-order valence-electron chi connectivity index (χ1n) is 6.64. The van der Waals surface area contributed by atoms with Crippen LogP contribution in [-0.4, -0.2) is 21.6 Å². The molecule has 5 heteroatoms. The summed E-state index contributed by atoms with van der Waals surface area (Å²) in [5.74, 6) is 0.832. The molecule has 4 nitrogen and oxygen atoms in total. The Bertz CT molecular complexity index is 925. The zero-order valence-electron chi connectivity index (χ0n) is 11.5. The number of nitrogens with zero attached hydrogens (tertiary/aromatic N) is 3. The minimum absolute atomic E-state index is 0.802. The van der Waals surface area contributed by atoms with E-state index in [0.717, 1.165) is 28.8 Å². The van der Waals surface area contributed by atoms with Gasteiger partial charge in [-0.3, -0.25) is 0 Å². The highest BCUT2D eigenvalue weighted by Crippen LogP contribution is 2.23. The second kappa shape index (κ2) is 4.86. The fraction of sp³-hybridized carbons (Fsp3) is 0.125. The molecule has 0 saturated heterocycles. The van der Waals surface area contributed by atoms with Crippen molar-refractivity contribution in [3.63, 3.8) is 0 Å². The van der Waals surface area contributed by atoms with Crippen molar-refractivity contribution in [3.05, 3.63) is 53.8 Å². The number of aromatic nitrogens is 3. The van der Waals surface area contributed by atoms with E-state index in [1.54, 1.807) is 18.4 Å². The molecular formula is C16H13N3OS. The molecule has 2 heterocycles. The molecule has 4 rings (SSSR count). The summed E-state index contributed by atoms with van der Waals surface area (Å²) in [6.45, 7) is 0.802. The van der Waals surface area contributed by atoms with Crippen LogP contribution in [0.4, 0.5) is 0 Å². The zero-order chi connectivity index (χ0) is 14.2. The van der Waals surface area contributed by atoms with Gasteiger partial charge in [-0.1, -0.05) is 6.07 Å². The number of fused-ring (bicyclic) bond motifs is 2. The topological polar surface area (TPSA) is 39.9 Å². The standard InChI is InChI=1S/C16H13N3OS/c1-20-12-3-5-15-14(7-12)17-9-19(15)8-11-2-4-13-16(6-11)21-10-18-13/h2-7,9-10H,8H2,1H3. The van der Waals surface area contributed by atoms with Crippen molar-refractivity contribution in [1.29, 1.82) is 0 Å². The number of thiazole rings is 1. The second-order valence-corrected chi connectivity index (χ2v) is 5.77. The maximum Gasteiger partial charge on any atom is 0.121 e. The van der Waals surface area contributed by atoms with Crippen LogP contribution in [0.5, 0.6) is 5.75 Å². The van der Waals surface area contributed by atoms with Crippen LogP contribution in [0.3, 0.4) is 0 Å². The number of ether oxygens (including phenoxy) is 1. The van der Waals surface area contributed by atoms with Gasteiger partial charge >= 0.3 is 0 Å². The van der Waals surface area contributed by atoms with Gasteiger partial charge in [0.25, 0.3) is 0 Å². The molecule has 0 saturated carbocycles. The van der Waals surface area contributed by atoms with E-state index >= 15 is 0 Å². The Morgan fingerprint density at radius 2 is 2.05 bits per heavy atom. The lowest BCUT2D eigenvalue weighted by molar-refractivity contribution is 0.415. The summed E-state index contributed by atoms with van der Waals surface area (Å²) in [7, 11) is 1.67. The largest absolute Gasteiger partial charge is 0.497 e. The van der Waals surface area contributed by atoms with Crippen LogP contribution in [0, 0.1) is 0 Å². The third kappa shape index (κ3) is 2.15. The molecule has 0 spiro atoms. The smallest absolute Gasteiger partial charge is 0.121 e. The van der Waals surface area contributed by atoms with E-state index in [4.69, 9.17) is 4.74 Å². The van der Waals surface area contributed by atoms with E-state index in [1.165, 1.54) is 10.3 Å². The van der Waals surface area contributed by atoms with Crippen LogP contribution in [0.25, 0.3) is 21.3 Å². The van der Waals surface area contributed by atoms with Gasteiger partial charge in [-0.25, -0.2) is 9.97 Å². The maximum atomic E-state index is 5.23. The van der Waals surface area contributed by atoms with E-state index in [0.29, 0.717) is 0 Å². The van der Waals surface area contributed by atoms with Gasteiger partial charge in [0, 0.05) is 12.6 Å². The normalized spacial score (nSPS) is 11.3. The monoisotopic (exact) mass is 295 g/mol. The molecule has 0 radical (unpaired) electrons. The fourth-order valence-corrected chi connectivity index (χ4v) is 3.23. The van der Waals surface area contributed by atoms with Crippen LogP contribution in [-0.2, 0) is 6.54 Å². The quantitative estimate of drug-likeness (QED) is 0.578. The highest BCUT2D eigenvalue weighted by atomic mass is 32.1. The van der Waals surface area contributed by atoms with Crippen LogP contribution >= 0.6 is 11.3 Å². The zero-order valence-corrected chi connectivity index (χ0v) is 12.3. The van der Waals surface area contributed by atoms with Gasteiger partial charge in [0.15, 0.2) is 0 Å². The molecule has 0 bridgehead atoms. The lowest BCUT2D eigenvalue weighted by Gasteiger charge is -2.05. The van der Waals surface area contributed by atoms with Crippen molar-refractivity contribution in [2.75, 3.05) is 7.11 Å². The molecule has 0 aliphatic rings. The molecule has 21 heavy (non-hydrogen) atoms. The average molecular weight is 295 g/mol. The number of methoxy groups -OCH3 is 1. The Morgan fingerprint density at radius 1 is 1.10 bits per heavy atom. The molecule has 104 valence electrons. The molecule has 0 unspecified atom stereocenters. The molecule has 0 atom stereocenters. The fourth-order valence-electron chi connectivity index (χ4n) is 2.49. The van der Waals surface area contributed by atoms with Gasteiger partial charge in [-0.15, -0.1) is 11.3 Å². The Morgan fingerprint density at radius 3 is 2.95 bits per heavy atom. The number of rotatable bonds is 3. The molecule has 0 N–H and O–H groups in total. The van der Waals surface area contributed by atoms with Gasteiger partial charge in [0.05, 0.1) is 40.2 Å². The molecule has 0 aliphatic carbocycles. The first-order chi connectivity index (χ1) is 10.3. The van der Waals surface area contributed by atoms with Crippen molar-refractivity contribution < 1.29 is 4.74 Å². The molecular weight excluding hydrogens is 282 g/mol. The Kier molecular flexibility index (Phi) is 2.86. The predicted octanol–water partition coefficient (Wildman–Crippen LogP) is 3.70. The summed E-state index contributed by atoms with van der Waals surface area (Å²) in [5.41, 5.74) is 6.26. The van der Waals surface area contributed by atoms with E-state index in [9.17, 15) is 0 Å². The first-order valence-corrected chi connectivity index (χ1v) is 7.52. The van der Waals surface area contributed by atoms with Crippen molar-refractivity contribution in [2.45, 2.75) is 6.54 Å². The van der Waals surface area contributed by atoms with Gasteiger partial charge in [0.1, 0.15) is 5.75 Å². The first kappa shape index (κ1) is 12.3. The van der Waals surface area contributed by atoms with Crippen LogP contribution < -0.4 is 4.74 Å². The van der Waals surface area contributed by atoms with E-state index in [-0.39, 0.29) is 0 Å². The van der Waals surface area contributed by atoms with Crippen molar-refractivity contribution in [2.24, 2.45) is 0 Å². The molecule has 0 amide bonds. The van der Waals surface area contributed by atoms with Gasteiger partial charge < -0.3 is 9.30 Å². The van der Waals surface area contributed by atoms with Gasteiger partial charge in [0.2, 0.25) is 0 Å². The van der Waals surface area contributed by atoms with E-state index in [1.807, 2.05) is 30.0 Å². The summed E-state index contributed by atoms with van der Waals surface area (Å²) >= 11 is 1.67. The summed E-state index contributed by atoms with van der Waals surface area (Å²) in [4.78, 5) is 8.76. The van der Waals surface area contributed by atoms with Gasteiger partial charge in [-0.2, -0.15) is 0 Å². The number of hydrogen-bond acceptors (Lipinski definition) is 4. The number of imidazole rings is 1. The highest BCUT2D eigenvalue weighted by molar-refractivity contribution is 7.16. The minimum Gasteiger partial charge on any atom is -0.497 e. The van der Waals surface area contributed by atoms with Gasteiger partial charge in [-0.05, 0) is 29.8 Å². The van der Waals surface area contributed by atoms with Crippen molar-refractivity contribution in [3.8, 4) is 5.75 Å². The van der Waals surface area contributed by atoms with Crippen LogP contribution in [0.1, 0.15) is 5.56 Å². The van der Waals surface area contributed by atoms with E-state index < -0.39 is 0 Å². The highest BCUT2D eigenvalue weighted by Gasteiger charge is 2.06. The minimum atomic E-state index is 0.802. The summed E-state index contributed by atoms with van der Waals surface area (Å²) in [6.07, 6.45) is 1.88. The second-order valence-electron chi connectivity index (χ2n) is 4.88. The van der Waals surface area contributed by atoms with E-state index in [2.05, 4.69) is 32.7 Å². The Hall–Kier alpha value is -2.40. The number of benzene rings is 2. The Labute approximate surface area is 125 Å². The SMILES string of the molecule is COc1ccc2c(c1)ncn2Cc1ccc2ncsc2c1. The summed E-state index contributed by atoms with van der Waals surface area (Å²) in [6, 6.07) is 12.4.